The highest BCUT2D eigenvalue weighted by molar-refractivity contribution is 6.17. The Hall–Kier alpha value is -0.800. The summed E-state index contributed by atoms with van der Waals surface area (Å²) in [6, 6.07) is 1.79. The molecule has 0 saturated heterocycles. The zero-order valence-corrected chi connectivity index (χ0v) is 8.92. The van der Waals surface area contributed by atoms with E-state index in [2.05, 4.69) is 4.98 Å². The van der Waals surface area contributed by atoms with Gasteiger partial charge in [0, 0.05) is 17.6 Å². The minimum atomic E-state index is -0.0570. The number of rotatable bonds is 5. The highest BCUT2D eigenvalue weighted by atomic mass is 35.5. The molecule has 1 aromatic heterocycles. The van der Waals surface area contributed by atoms with Crippen LogP contribution < -0.4 is 4.74 Å². The number of halogens is 1. The quantitative estimate of drug-likeness (QED) is 0.603. The van der Waals surface area contributed by atoms with E-state index in [4.69, 9.17) is 21.4 Å². The van der Waals surface area contributed by atoms with Gasteiger partial charge in [0.15, 0.2) is 0 Å². The van der Waals surface area contributed by atoms with Crippen LogP contribution in [-0.2, 0) is 6.61 Å². The van der Waals surface area contributed by atoms with E-state index in [-0.39, 0.29) is 6.61 Å². The molecular formula is C10H14ClNO2. The van der Waals surface area contributed by atoms with Gasteiger partial charge in [-0.3, -0.25) is 4.98 Å². The number of aliphatic hydroxyl groups excluding tert-OH is 1. The van der Waals surface area contributed by atoms with Crippen molar-refractivity contribution in [3.63, 3.8) is 0 Å². The second-order valence-electron chi connectivity index (χ2n) is 2.93. The molecule has 1 rings (SSSR count). The second kappa shape index (κ2) is 5.83. The first-order chi connectivity index (χ1) is 6.79. The summed E-state index contributed by atoms with van der Waals surface area (Å²) in [5.41, 5.74) is 1.55. The van der Waals surface area contributed by atoms with Crippen molar-refractivity contribution < 1.29 is 9.84 Å². The van der Waals surface area contributed by atoms with Gasteiger partial charge in [-0.15, -0.1) is 11.6 Å². The van der Waals surface area contributed by atoms with Crippen LogP contribution in [-0.4, -0.2) is 22.6 Å². The van der Waals surface area contributed by atoms with E-state index in [0.717, 1.165) is 17.7 Å². The Morgan fingerprint density at radius 1 is 1.57 bits per heavy atom. The highest BCUT2D eigenvalue weighted by Crippen LogP contribution is 2.19. The molecule has 78 valence electrons. The predicted molar refractivity (Wildman–Crippen MR) is 55.7 cm³/mol. The largest absolute Gasteiger partial charge is 0.493 e. The van der Waals surface area contributed by atoms with Crippen molar-refractivity contribution in [3.05, 3.63) is 23.5 Å². The molecule has 0 radical (unpaired) electrons. The third-order valence-corrected chi connectivity index (χ3v) is 2.21. The zero-order valence-electron chi connectivity index (χ0n) is 8.16. The molecule has 1 heterocycles. The molecule has 14 heavy (non-hydrogen) atoms. The molecular weight excluding hydrogens is 202 g/mol. The molecule has 0 bridgehead atoms. The van der Waals surface area contributed by atoms with Crippen LogP contribution in [0.1, 0.15) is 17.7 Å². The summed E-state index contributed by atoms with van der Waals surface area (Å²) in [5, 5.41) is 8.98. The lowest BCUT2D eigenvalue weighted by Gasteiger charge is -2.09. The van der Waals surface area contributed by atoms with Crippen LogP contribution in [0, 0.1) is 6.92 Å². The Morgan fingerprint density at radius 3 is 3.00 bits per heavy atom. The van der Waals surface area contributed by atoms with Crippen LogP contribution in [0.25, 0.3) is 0 Å². The molecule has 0 aliphatic carbocycles. The van der Waals surface area contributed by atoms with Crippen LogP contribution in [0.5, 0.6) is 5.75 Å². The number of hydrogen-bond donors (Lipinski definition) is 1. The first-order valence-electron chi connectivity index (χ1n) is 4.53. The van der Waals surface area contributed by atoms with E-state index in [1.165, 1.54) is 0 Å². The number of ether oxygens (including phenoxy) is 1. The van der Waals surface area contributed by atoms with Crippen LogP contribution >= 0.6 is 11.6 Å². The van der Waals surface area contributed by atoms with Gasteiger partial charge >= 0.3 is 0 Å². The summed E-state index contributed by atoms with van der Waals surface area (Å²) in [7, 11) is 0. The topological polar surface area (TPSA) is 42.4 Å². The van der Waals surface area contributed by atoms with E-state index in [9.17, 15) is 0 Å². The predicted octanol–water partition coefficient (Wildman–Crippen LogP) is 1.89. The maximum absolute atomic E-state index is 8.98. The fraction of sp³-hybridized carbons (Fsp3) is 0.500. The van der Waals surface area contributed by atoms with Gasteiger partial charge in [0.05, 0.1) is 18.9 Å². The molecule has 3 nitrogen and oxygen atoms in total. The summed E-state index contributed by atoms with van der Waals surface area (Å²) in [5.74, 6) is 1.37. The second-order valence-corrected chi connectivity index (χ2v) is 3.31. The number of hydrogen-bond acceptors (Lipinski definition) is 3. The van der Waals surface area contributed by atoms with Crippen molar-refractivity contribution >= 4 is 11.6 Å². The fourth-order valence-electron chi connectivity index (χ4n) is 1.11. The first-order valence-corrected chi connectivity index (χ1v) is 5.07. The zero-order chi connectivity index (χ0) is 10.4. The number of alkyl halides is 1. The number of aliphatic hydroxyl groups is 1. The van der Waals surface area contributed by atoms with Gasteiger partial charge in [0.25, 0.3) is 0 Å². The normalized spacial score (nSPS) is 10.2. The third-order valence-electron chi connectivity index (χ3n) is 1.94. The summed E-state index contributed by atoms with van der Waals surface area (Å²) >= 11 is 5.53. The van der Waals surface area contributed by atoms with Crippen molar-refractivity contribution in [1.82, 2.24) is 4.98 Å². The van der Waals surface area contributed by atoms with E-state index in [1.807, 2.05) is 6.92 Å². The Kier molecular flexibility index (Phi) is 4.70. The van der Waals surface area contributed by atoms with Crippen molar-refractivity contribution in [2.24, 2.45) is 0 Å². The van der Waals surface area contributed by atoms with Crippen LogP contribution in [0.3, 0.4) is 0 Å². The van der Waals surface area contributed by atoms with Crippen LogP contribution in [0.15, 0.2) is 12.3 Å². The van der Waals surface area contributed by atoms with Gasteiger partial charge in [-0.2, -0.15) is 0 Å². The maximum Gasteiger partial charge on any atom is 0.125 e. The molecule has 0 aliphatic heterocycles. The molecule has 0 aromatic carbocycles. The van der Waals surface area contributed by atoms with Crippen molar-refractivity contribution in [3.8, 4) is 5.75 Å². The minimum Gasteiger partial charge on any atom is -0.493 e. The third kappa shape index (κ3) is 2.86. The Morgan fingerprint density at radius 2 is 2.36 bits per heavy atom. The van der Waals surface area contributed by atoms with Gasteiger partial charge in [0.2, 0.25) is 0 Å². The van der Waals surface area contributed by atoms with Gasteiger partial charge in [0.1, 0.15) is 5.75 Å². The number of nitrogens with zero attached hydrogens (tertiary/aromatic N) is 1. The summed E-state index contributed by atoms with van der Waals surface area (Å²) < 4.78 is 5.48. The minimum absolute atomic E-state index is 0.0570. The first kappa shape index (κ1) is 11.3. The van der Waals surface area contributed by atoms with Gasteiger partial charge < -0.3 is 9.84 Å². The summed E-state index contributed by atoms with van der Waals surface area (Å²) in [6.07, 6.45) is 2.45. The van der Waals surface area contributed by atoms with Gasteiger partial charge in [-0.05, 0) is 19.4 Å². The molecule has 1 aromatic rings. The number of pyridine rings is 1. The van der Waals surface area contributed by atoms with Gasteiger partial charge in [-0.1, -0.05) is 0 Å². The summed E-state index contributed by atoms with van der Waals surface area (Å²) in [4.78, 5) is 4.03. The lowest BCUT2D eigenvalue weighted by molar-refractivity contribution is 0.272. The van der Waals surface area contributed by atoms with Crippen molar-refractivity contribution in [1.29, 1.82) is 0 Å². The Labute approximate surface area is 88.7 Å². The van der Waals surface area contributed by atoms with E-state index in [1.54, 1.807) is 12.3 Å². The molecule has 4 heteroatoms. The maximum atomic E-state index is 8.98. The molecule has 0 amide bonds. The van der Waals surface area contributed by atoms with E-state index in [0.29, 0.717) is 18.2 Å². The van der Waals surface area contributed by atoms with Crippen LogP contribution in [0.4, 0.5) is 0 Å². The average Bonchev–Trinajstić information content (AvgIpc) is 2.21. The molecule has 0 fully saturated rings. The molecule has 1 N–H and O–H groups in total. The molecule has 0 atom stereocenters. The van der Waals surface area contributed by atoms with Gasteiger partial charge in [-0.25, -0.2) is 0 Å². The number of aromatic nitrogens is 1. The lowest BCUT2D eigenvalue weighted by Crippen LogP contribution is -2.02. The van der Waals surface area contributed by atoms with Crippen LogP contribution in [0.2, 0.25) is 0 Å². The van der Waals surface area contributed by atoms with E-state index >= 15 is 0 Å². The van der Waals surface area contributed by atoms with E-state index < -0.39 is 0 Å². The molecule has 0 saturated carbocycles. The average molecular weight is 216 g/mol. The van der Waals surface area contributed by atoms with Crippen molar-refractivity contribution in [2.45, 2.75) is 20.0 Å². The molecule has 0 spiro atoms. The fourth-order valence-corrected chi connectivity index (χ4v) is 1.22. The molecule has 0 aliphatic rings. The van der Waals surface area contributed by atoms with Crippen molar-refractivity contribution in [2.75, 3.05) is 12.5 Å². The molecule has 0 unspecified atom stereocenters. The Balaban J connectivity index is 2.66. The Bertz CT molecular complexity index is 291. The summed E-state index contributed by atoms with van der Waals surface area (Å²) in [6.45, 7) is 2.42. The highest BCUT2D eigenvalue weighted by Gasteiger charge is 2.04. The monoisotopic (exact) mass is 215 g/mol. The SMILES string of the molecule is Cc1c(OCCCCl)ccnc1CO. The standard InChI is InChI=1S/C10H14ClNO2/c1-8-9(7-13)12-5-3-10(8)14-6-2-4-11/h3,5,13H,2,4,6-7H2,1H3. The lowest BCUT2D eigenvalue weighted by atomic mass is 10.2. The smallest absolute Gasteiger partial charge is 0.125 e.